The van der Waals surface area contributed by atoms with Crippen molar-refractivity contribution < 1.29 is 0 Å². The molecule has 0 atom stereocenters. The van der Waals surface area contributed by atoms with Crippen LogP contribution in [0.4, 0.5) is 0 Å². The van der Waals surface area contributed by atoms with Crippen molar-refractivity contribution in [3.05, 3.63) is 59.7 Å². The highest BCUT2D eigenvalue weighted by Gasteiger charge is 2.17. The zero-order valence-corrected chi connectivity index (χ0v) is 16.1. The van der Waals surface area contributed by atoms with Crippen molar-refractivity contribution in [1.82, 2.24) is 0 Å². The molecule has 0 saturated heterocycles. The molecule has 0 aliphatic heterocycles. The molecule has 25 heavy (non-hydrogen) atoms. The number of allylic oxidation sites excluding steroid dienone is 4. The van der Waals surface area contributed by atoms with Crippen molar-refractivity contribution in [2.24, 2.45) is 11.8 Å². The third-order valence-electron chi connectivity index (χ3n) is 5.29. The Morgan fingerprint density at radius 2 is 1.80 bits per heavy atom. The highest BCUT2D eigenvalue weighted by Crippen LogP contribution is 2.31. The molecular formula is C25H34. The van der Waals surface area contributed by atoms with Gasteiger partial charge in [-0.05, 0) is 87.5 Å². The van der Waals surface area contributed by atoms with Gasteiger partial charge in [0.15, 0.2) is 0 Å². The van der Waals surface area contributed by atoms with Crippen LogP contribution < -0.4 is 0 Å². The number of hydrogen-bond donors (Lipinski definition) is 0. The number of aryl methyl sites for hydroxylation is 1. The summed E-state index contributed by atoms with van der Waals surface area (Å²) >= 11 is 0. The summed E-state index contributed by atoms with van der Waals surface area (Å²) in [6.45, 7) is 4.37. The van der Waals surface area contributed by atoms with E-state index in [4.69, 9.17) is 0 Å². The van der Waals surface area contributed by atoms with Crippen LogP contribution in [0.25, 0.3) is 0 Å². The van der Waals surface area contributed by atoms with Gasteiger partial charge >= 0.3 is 0 Å². The molecule has 0 aromatic heterocycles. The molecule has 1 aliphatic rings. The van der Waals surface area contributed by atoms with Crippen LogP contribution in [0.3, 0.4) is 0 Å². The van der Waals surface area contributed by atoms with E-state index in [0.717, 1.165) is 17.4 Å². The van der Waals surface area contributed by atoms with Crippen LogP contribution in [-0.4, -0.2) is 0 Å². The molecule has 0 N–H and O–H groups in total. The maximum atomic E-state index is 3.27. The first-order valence-electron chi connectivity index (χ1n) is 10.2. The molecule has 134 valence electrons. The van der Waals surface area contributed by atoms with Crippen molar-refractivity contribution in [2.75, 3.05) is 0 Å². The van der Waals surface area contributed by atoms with Crippen LogP contribution in [0.2, 0.25) is 0 Å². The van der Waals surface area contributed by atoms with Gasteiger partial charge in [-0.1, -0.05) is 62.0 Å². The van der Waals surface area contributed by atoms with Crippen molar-refractivity contribution in [2.45, 2.75) is 71.6 Å². The van der Waals surface area contributed by atoms with Gasteiger partial charge in [0.05, 0.1) is 0 Å². The van der Waals surface area contributed by atoms with Gasteiger partial charge in [0, 0.05) is 5.56 Å². The molecule has 1 fully saturated rings. The summed E-state index contributed by atoms with van der Waals surface area (Å²) in [5.41, 5.74) is 2.56. The van der Waals surface area contributed by atoms with Crippen LogP contribution in [0.15, 0.2) is 48.6 Å². The highest BCUT2D eigenvalue weighted by atomic mass is 14.2. The second-order valence-electron chi connectivity index (χ2n) is 7.37. The topological polar surface area (TPSA) is 0 Å². The van der Waals surface area contributed by atoms with Crippen LogP contribution in [-0.2, 0) is 6.42 Å². The molecule has 0 spiro atoms. The Morgan fingerprint density at radius 1 is 1.04 bits per heavy atom. The minimum Gasteiger partial charge on any atom is -0.0917 e. The molecule has 0 heteroatoms. The van der Waals surface area contributed by atoms with E-state index in [0.29, 0.717) is 0 Å². The van der Waals surface area contributed by atoms with Gasteiger partial charge in [0.25, 0.3) is 0 Å². The van der Waals surface area contributed by atoms with Crippen molar-refractivity contribution in [1.29, 1.82) is 0 Å². The number of benzene rings is 1. The summed E-state index contributed by atoms with van der Waals surface area (Å²) < 4.78 is 0. The van der Waals surface area contributed by atoms with Gasteiger partial charge in [0.2, 0.25) is 0 Å². The molecule has 0 unspecified atom stereocenters. The average Bonchev–Trinajstić information content (AvgIpc) is 2.66. The van der Waals surface area contributed by atoms with E-state index in [1.165, 1.54) is 63.4 Å². The highest BCUT2D eigenvalue weighted by molar-refractivity contribution is 5.38. The quantitative estimate of drug-likeness (QED) is 0.283. The summed E-state index contributed by atoms with van der Waals surface area (Å²) in [6.07, 6.45) is 20.7. The van der Waals surface area contributed by atoms with Crippen LogP contribution in [0.5, 0.6) is 0 Å². The predicted molar refractivity (Wildman–Crippen MR) is 111 cm³/mol. The van der Waals surface area contributed by atoms with E-state index in [2.05, 4.69) is 74.3 Å². The first-order chi connectivity index (χ1) is 12.3. The molecule has 1 aliphatic carbocycles. The summed E-state index contributed by atoms with van der Waals surface area (Å²) in [5, 5.41) is 0. The maximum Gasteiger partial charge on any atom is 0.0249 e. The normalized spacial score (nSPS) is 20.7. The average molecular weight is 335 g/mol. The lowest BCUT2D eigenvalue weighted by Crippen LogP contribution is -2.12. The minimum absolute atomic E-state index is 0.733. The monoisotopic (exact) mass is 334 g/mol. The predicted octanol–water partition coefficient (Wildman–Crippen LogP) is 7.10. The van der Waals surface area contributed by atoms with Crippen molar-refractivity contribution >= 4 is 0 Å². The van der Waals surface area contributed by atoms with Gasteiger partial charge in [-0.3, -0.25) is 0 Å². The second kappa shape index (κ2) is 11.8. The lowest BCUT2D eigenvalue weighted by molar-refractivity contribution is 0.312. The van der Waals surface area contributed by atoms with Gasteiger partial charge in [-0.2, -0.15) is 0 Å². The molecule has 0 nitrogen and oxygen atoms in total. The molecular weight excluding hydrogens is 300 g/mol. The van der Waals surface area contributed by atoms with Crippen molar-refractivity contribution in [3.8, 4) is 11.8 Å². The van der Waals surface area contributed by atoms with E-state index in [9.17, 15) is 0 Å². The minimum atomic E-state index is 0.733. The lowest BCUT2D eigenvalue weighted by Gasteiger charge is -2.25. The summed E-state index contributed by atoms with van der Waals surface area (Å²) in [7, 11) is 0. The third kappa shape index (κ3) is 7.78. The van der Waals surface area contributed by atoms with Crippen LogP contribution in [0.1, 0.15) is 76.3 Å². The number of rotatable bonds is 7. The zero-order chi connectivity index (χ0) is 17.7. The Balaban J connectivity index is 1.73. The Morgan fingerprint density at radius 3 is 2.48 bits per heavy atom. The van der Waals surface area contributed by atoms with Gasteiger partial charge < -0.3 is 0 Å². The van der Waals surface area contributed by atoms with E-state index in [-0.39, 0.29) is 0 Å². The molecule has 1 saturated carbocycles. The van der Waals surface area contributed by atoms with Gasteiger partial charge in [-0.15, -0.1) is 0 Å². The molecule has 0 radical (unpaired) electrons. The maximum absolute atomic E-state index is 3.27. The van der Waals surface area contributed by atoms with Gasteiger partial charge in [0.1, 0.15) is 0 Å². The van der Waals surface area contributed by atoms with E-state index in [1.807, 2.05) is 0 Å². The Kier molecular flexibility index (Phi) is 9.21. The third-order valence-corrected chi connectivity index (χ3v) is 5.29. The lowest BCUT2D eigenvalue weighted by atomic mass is 9.80. The molecule has 1 aromatic carbocycles. The zero-order valence-electron chi connectivity index (χ0n) is 16.1. The van der Waals surface area contributed by atoms with E-state index < -0.39 is 0 Å². The fourth-order valence-electron chi connectivity index (χ4n) is 3.59. The summed E-state index contributed by atoms with van der Waals surface area (Å²) in [6, 6.07) is 8.79. The molecule has 2 rings (SSSR count). The smallest absolute Gasteiger partial charge is 0.0249 e. The van der Waals surface area contributed by atoms with Crippen molar-refractivity contribution in [3.63, 3.8) is 0 Å². The summed E-state index contributed by atoms with van der Waals surface area (Å²) in [5.74, 6) is 8.13. The van der Waals surface area contributed by atoms with Crippen LogP contribution in [0, 0.1) is 23.7 Å². The molecule has 0 amide bonds. The number of hydrogen-bond acceptors (Lipinski definition) is 0. The largest absolute Gasteiger partial charge is 0.0917 e. The Labute approximate surface area is 155 Å². The molecule has 0 bridgehead atoms. The Bertz CT molecular complexity index is 583. The van der Waals surface area contributed by atoms with Crippen LogP contribution >= 0.6 is 0 Å². The summed E-state index contributed by atoms with van der Waals surface area (Å²) in [4.78, 5) is 0. The standard InChI is InChI=1S/C25H34/c1-3-5-7-11-23-18-20-25(21-19-23)13-9-8-12-24-16-14-22(15-17-24)10-6-4-2/h4,6,8,12,18-22,24H,3,5,7,10-11,14-17H2,1-2H3/b6-4+,12-8+/t22-,24-. The Hall–Kier alpha value is -1.74. The first kappa shape index (κ1) is 19.6. The first-order valence-corrected chi connectivity index (χ1v) is 10.2. The van der Waals surface area contributed by atoms with E-state index >= 15 is 0 Å². The number of unbranched alkanes of at least 4 members (excludes halogenated alkanes) is 2. The molecule has 0 heterocycles. The fraction of sp³-hybridized carbons (Fsp3) is 0.520. The molecule has 1 aromatic rings. The van der Waals surface area contributed by atoms with E-state index in [1.54, 1.807) is 0 Å². The second-order valence-corrected chi connectivity index (χ2v) is 7.37. The fourth-order valence-corrected chi connectivity index (χ4v) is 3.59. The SMILES string of the molecule is C/C=C/C[C@H]1CC[C@H](/C=C/C#Cc2ccc(CCCCC)cc2)CC1. The van der Waals surface area contributed by atoms with Gasteiger partial charge in [-0.25, -0.2) is 0 Å².